The summed E-state index contributed by atoms with van der Waals surface area (Å²) >= 11 is 1.42. The van der Waals surface area contributed by atoms with Crippen LogP contribution in [0.4, 0.5) is 10.1 Å². The molecule has 0 aliphatic heterocycles. The van der Waals surface area contributed by atoms with E-state index in [0.29, 0.717) is 40.2 Å². The van der Waals surface area contributed by atoms with E-state index >= 15 is 4.39 Å². The third-order valence-corrected chi connectivity index (χ3v) is 7.23. The lowest BCUT2D eigenvalue weighted by atomic mass is 9.98. The number of phenols is 1. The number of benzene rings is 3. The Morgan fingerprint density at radius 1 is 1.00 bits per heavy atom. The number of rotatable bonds is 10. The lowest BCUT2D eigenvalue weighted by molar-refractivity contribution is 0.401. The summed E-state index contributed by atoms with van der Waals surface area (Å²) in [5, 5.41) is 20.4. The summed E-state index contributed by atoms with van der Waals surface area (Å²) < 4.78 is 22.8. The highest BCUT2D eigenvalue weighted by Gasteiger charge is 2.23. The van der Waals surface area contributed by atoms with Crippen LogP contribution in [0.25, 0.3) is 17.1 Å². The second-order valence-corrected chi connectivity index (χ2v) is 10.7. The summed E-state index contributed by atoms with van der Waals surface area (Å²) in [5.41, 5.74) is 2.49. The number of anilines is 1. The van der Waals surface area contributed by atoms with Gasteiger partial charge in [-0.1, -0.05) is 32.0 Å². The molecule has 0 amide bonds. The molecule has 0 spiro atoms. The Hall–Kier alpha value is -3.56. The fourth-order valence-corrected chi connectivity index (χ4v) is 5.01. The molecule has 1 heterocycles. The molecule has 0 atom stereocenters. The van der Waals surface area contributed by atoms with E-state index in [-0.39, 0.29) is 17.5 Å². The summed E-state index contributed by atoms with van der Waals surface area (Å²) in [6, 6.07) is 18.4. The zero-order valence-electron chi connectivity index (χ0n) is 22.6. The molecule has 0 radical (unpaired) electrons. The van der Waals surface area contributed by atoms with E-state index in [2.05, 4.69) is 28.9 Å². The summed E-state index contributed by atoms with van der Waals surface area (Å²) in [5.74, 6) is 0.826. The van der Waals surface area contributed by atoms with Crippen molar-refractivity contribution >= 4 is 17.4 Å². The molecule has 4 aromatic rings. The van der Waals surface area contributed by atoms with Crippen LogP contribution >= 0.6 is 11.8 Å². The maximum absolute atomic E-state index is 15.5. The highest BCUT2D eigenvalue weighted by Crippen LogP contribution is 2.40. The summed E-state index contributed by atoms with van der Waals surface area (Å²) in [6.07, 6.45) is 0. The highest BCUT2D eigenvalue weighted by molar-refractivity contribution is 7.99. The van der Waals surface area contributed by atoms with E-state index in [1.54, 1.807) is 23.8 Å². The van der Waals surface area contributed by atoms with Gasteiger partial charge in [-0.05, 0) is 67.7 Å². The van der Waals surface area contributed by atoms with Crippen LogP contribution in [0.3, 0.4) is 0 Å². The molecule has 0 bridgehead atoms. The van der Waals surface area contributed by atoms with Crippen molar-refractivity contribution in [1.82, 2.24) is 19.7 Å². The Labute approximate surface area is 227 Å². The molecule has 7 nitrogen and oxygen atoms in total. The number of methoxy groups -OCH3 is 1. The van der Waals surface area contributed by atoms with Gasteiger partial charge >= 0.3 is 0 Å². The van der Waals surface area contributed by atoms with Crippen molar-refractivity contribution in [2.75, 3.05) is 46.2 Å². The quantitative estimate of drug-likeness (QED) is 0.265. The van der Waals surface area contributed by atoms with Gasteiger partial charge in [0.2, 0.25) is 5.16 Å². The van der Waals surface area contributed by atoms with Crippen LogP contribution in [0.15, 0.2) is 70.7 Å². The fraction of sp³-hybridized carbons (Fsp3) is 0.310. The molecule has 38 heavy (non-hydrogen) atoms. The predicted molar refractivity (Wildman–Crippen MR) is 151 cm³/mol. The van der Waals surface area contributed by atoms with Crippen LogP contribution < -0.4 is 9.64 Å². The van der Waals surface area contributed by atoms with E-state index in [4.69, 9.17) is 4.74 Å². The molecule has 1 aromatic heterocycles. The van der Waals surface area contributed by atoms with Crippen molar-refractivity contribution in [1.29, 1.82) is 0 Å². The number of aromatic hydroxyl groups is 1. The maximum atomic E-state index is 15.5. The van der Waals surface area contributed by atoms with Gasteiger partial charge in [-0.15, -0.1) is 10.2 Å². The molecule has 200 valence electrons. The summed E-state index contributed by atoms with van der Waals surface area (Å²) in [7, 11) is 7.45. The monoisotopic (exact) mass is 535 g/mol. The molecular formula is C29H34FN5O2S. The topological polar surface area (TPSA) is 66.7 Å². The minimum absolute atomic E-state index is 0.0108. The third kappa shape index (κ3) is 5.95. The average molecular weight is 536 g/mol. The smallest absolute Gasteiger partial charge is 0.200 e. The van der Waals surface area contributed by atoms with Crippen LogP contribution in [-0.2, 0) is 0 Å². The predicted octanol–water partition coefficient (Wildman–Crippen LogP) is 6.06. The van der Waals surface area contributed by atoms with Gasteiger partial charge in [0.25, 0.3) is 0 Å². The molecular weight excluding hydrogens is 501 g/mol. The van der Waals surface area contributed by atoms with Crippen LogP contribution in [0, 0.1) is 5.82 Å². The molecule has 1 N–H and O–H groups in total. The first kappa shape index (κ1) is 27.5. The van der Waals surface area contributed by atoms with Crippen LogP contribution in [-0.4, -0.2) is 66.1 Å². The Bertz CT molecular complexity index is 1390. The summed E-state index contributed by atoms with van der Waals surface area (Å²) in [4.78, 5) is 4.93. The van der Waals surface area contributed by atoms with E-state index < -0.39 is 0 Å². The van der Waals surface area contributed by atoms with E-state index in [0.717, 1.165) is 17.0 Å². The number of hydrogen-bond donors (Lipinski definition) is 1. The number of phenolic OH excluding ortho intramolecular Hbond substituents is 1. The Morgan fingerprint density at radius 2 is 1.74 bits per heavy atom. The van der Waals surface area contributed by atoms with Gasteiger partial charge < -0.3 is 19.6 Å². The second-order valence-electron chi connectivity index (χ2n) is 9.68. The van der Waals surface area contributed by atoms with Crippen molar-refractivity contribution in [3.8, 4) is 28.6 Å². The van der Waals surface area contributed by atoms with Gasteiger partial charge in [0.15, 0.2) is 5.82 Å². The van der Waals surface area contributed by atoms with Crippen molar-refractivity contribution in [2.45, 2.75) is 29.8 Å². The molecule has 0 unspecified atom stereocenters. The lowest BCUT2D eigenvalue weighted by Gasteiger charge is -2.22. The van der Waals surface area contributed by atoms with Crippen LogP contribution in [0.5, 0.6) is 11.5 Å². The Kier molecular flexibility index (Phi) is 8.58. The molecule has 0 saturated carbocycles. The van der Waals surface area contributed by atoms with Crippen molar-refractivity contribution in [2.24, 2.45) is 0 Å². The van der Waals surface area contributed by atoms with Crippen molar-refractivity contribution < 1.29 is 14.2 Å². The maximum Gasteiger partial charge on any atom is 0.200 e. The number of halogens is 1. The zero-order chi connectivity index (χ0) is 27.4. The lowest BCUT2D eigenvalue weighted by Crippen LogP contribution is -2.29. The molecule has 4 rings (SSSR count). The number of ether oxygens (including phenoxy) is 1. The van der Waals surface area contributed by atoms with Gasteiger partial charge in [0.05, 0.1) is 24.0 Å². The van der Waals surface area contributed by atoms with Gasteiger partial charge in [0.1, 0.15) is 17.3 Å². The zero-order valence-corrected chi connectivity index (χ0v) is 23.5. The number of aromatic nitrogens is 3. The van der Waals surface area contributed by atoms with E-state index in [1.165, 1.54) is 17.8 Å². The number of nitrogens with zero attached hydrogens (tertiary/aromatic N) is 5. The molecule has 0 aliphatic rings. The minimum Gasteiger partial charge on any atom is -0.507 e. The third-order valence-electron chi connectivity index (χ3n) is 6.28. The second kappa shape index (κ2) is 11.9. The normalized spacial score (nSPS) is 11.4. The van der Waals surface area contributed by atoms with Crippen molar-refractivity contribution in [3.05, 3.63) is 72.0 Å². The Balaban J connectivity index is 1.84. The standard InChI is InChI=1S/C29H34FN5O2S/c1-19(2)22-17-23(26(36)18-27(22)37-6)28-31-32-29(38-21-10-8-7-9-11-21)35(28)20-12-13-25(24(30)16-20)34(5)15-14-33(3)4/h7-13,16-19,36H,14-15H2,1-6H3. The molecule has 0 fully saturated rings. The fourth-order valence-electron chi connectivity index (χ4n) is 4.15. The van der Waals surface area contributed by atoms with Gasteiger partial charge in [-0.25, -0.2) is 4.39 Å². The first-order valence-electron chi connectivity index (χ1n) is 12.4. The summed E-state index contributed by atoms with van der Waals surface area (Å²) in [6.45, 7) is 5.61. The first-order chi connectivity index (χ1) is 18.2. The van der Waals surface area contributed by atoms with E-state index in [9.17, 15) is 5.11 Å². The van der Waals surface area contributed by atoms with Gasteiger partial charge in [-0.2, -0.15) is 0 Å². The SMILES string of the molecule is COc1cc(O)c(-c2nnc(Sc3ccccc3)n2-c2ccc(N(C)CCN(C)C)c(F)c2)cc1C(C)C. The molecule has 0 saturated heterocycles. The minimum atomic E-state index is -0.346. The van der Waals surface area contributed by atoms with Gasteiger partial charge in [-0.3, -0.25) is 4.57 Å². The van der Waals surface area contributed by atoms with Crippen LogP contribution in [0.2, 0.25) is 0 Å². The number of likely N-dealkylation sites (N-methyl/N-ethyl adjacent to an activating group) is 2. The number of hydrogen-bond acceptors (Lipinski definition) is 7. The largest absolute Gasteiger partial charge is 0.507 e. The first-order valence-corrected chi connectivity index (χ1v) is 13.3. The Morgan fingerprint density at radius 3 is 2.37 bits per heavy atom. The molecule has 0 aliphatic carbocycles. The van der Waals surface area contributed by atoms with E-state index in [1.807, 2.05) is 68.5 Å². The van der Waals surface area contributed by atoms with Crippen molar-refractivity contribution in [3.63, 3.8) is 0 Å². The molecule has 3 aromatic carbocycles. The van der Waals surface area contributed by atoms with Crippen LogP contribution in [0.1, 0.15) is 25.3 Å². The highest BCUT2D eigenvalue weighted by atomic mass is 32.2. The molecule has 9 heteroatoms. The van der Waals surface area contributed by atoms with Gasteiger partial charge in [0, 0.05) is 37.2 Å². The average Bonchev–Trinajstić information content (AvgIpc) is 3.30.